The zero-order valence-electron chi connectivity index (χ0n) is 18.7. The molecule has 30 heavy (non-hydrogen) atoms. The van der Waals surface area contributed by atoms with Crippen molar-refractivity contribution in [3.8, 4) is 0 Å². The molecule has 0 saturated carbocycles. The number of rotatable bonds is 9. The molecule has 0 bridgehead atoms. The molecule has 0 aromatic heterocycles. The van der Waals surface area contributed by atoms with Crippen LogP contribution in [0.25, 0.3) is 0 Å². The van der Waals surface area contributed by atoms with Gasteiger partial charge in [0.25, 0.3) is 18.4 Å². The van der Waals surface area contributed by atoms with E-state index in [0.29, 0.717) is 25.0 Å². The summed E-state index contributed by atoms with van der Waals surface area (Å²) in [5.41, 5.74) is 0.630. The highest BCUT2D eigenvalue weighted by Crippen LogP contribution is 2.36. The van der Waals surface area contributed by atoms with Crippen molar-refractivity contribution in [2.45, 2.75) is 58.9 Å². The summed E-state index contributed by atoms with van der Waals surface area (Å²) in [6.45, 7) is 10.7. The Morgan fingerprint density at radius 2 is 1.37 bits per heavy atom. The Bertz CT molecular complexity index is 902. The number of unbranched alkanes of at least 4 members (excludes halogenated alkanes) is 1. The molecule has 0 aliphatic heterocycles. The number of hydrogen-bond donors (Lipinski definition) is 1. The molecule has 0 spiro atoms. The molecule has 2 aromatic carbocycles. The first-order chi connectivity index (χ1) is 14.0. The molecule has 1 N–H and O–H groups in total. The van der Waals surface area contributed by atoms with Gasteiger partial charge in [-0.1, -0.05) is 87.0 Å². The quantitative estimate of drug-likeness (QED) is 0.337. The minimum absolute atomic E-state index is 0.0881. The Morgan fingerprint density at radius 1 is 0.900 bits per heavy atom. The van der Waals surface area contributed by atoms with Crippen molar-refractivity contribution in [2.24, 2.45) is 0 Å². The van der Waals surface area contributed by atoms with E-state index in [2.05, 4.69) is 69.3 Å². The highest BCUT2D eigenvalue weighted by molar-refractivity contribution is 7.89. The van der Waals surface area contributed by atoms with Crippen LogP contribution in [-0.4, -0.2) is 27.9 Å². The topological polar surface area (TPSA) is 63.6 Å². The van der Waals surface area contributed by atoms with Crippen LogP contribution < -0.4 is 10.4 Å². The Morgan fingerprint density at radius 3 is 1.73 bits per heavy atom. The highest BCUT2D eigenvalue weighted by atomic mass is 32.2. The molecular weight excluding hydrogens is 412 g/mol. The SMILES string of the molecule is CC(C)=C(CCCCO[Si](c1ccccc1)(c1ccccc1)C(C)(C)C)S(=O)(=O)O. The van der Waals surface area contributed by atoms with Gasteiger partial charge in [0, 0.05) is 6.61 Å². The molecule has 0 fully saturated rings. The maximum absolute atomic E-state index is 11.6. The van der Waals surface area contributed by atoms with Gasteiger partial charge in [0.05, 0.1) is 4.91 Å². The van der Waals surface area contributed by atoms with Crippen molar-refractivity contribution in [1.29, 1.82) is 0 Å². The summed E-state index contributed by atoms with van der Waals surface area (Å²) in [5.74, 6) is 0. The minimum atomic E-state index is -4.14. The molecule has 2 aromatic rings. The summed E-state index contributed by atoms with van der Waals surface area (Å²) in [4.78, 5) is 0.118. The zero-order valence-corrected chi connectivity index (χ0v) is 20.5. The second-order valence-electron chi connectivity index (χ2n) is 8.87. The van der Waals surface area contributed by atoms with Gasteiger partial charge in [0.2, 0.25) is 0 Å². The molecule has 0 heterocycles. The molecule has 0 atom stereocenters. The van der Waals surface area contributed by atoms with Crippen LogP contribution in [0.3, 0.4) is 0 Å². The summed E-state index contributed by atoms with van der Waals surface area (Å²) in [6.07, 6.45) is 1.68. The van der Waals surface area contributed by atoms with E-state index in [9.17, 15) is 13.0 Å². The molecule has 0 radical (unpaired) electrons. The summed E-state index contributed by atoms with van der Waals surface area (Å²) in [7, 11) is -6.71. The second-order valence-corrected chi connectivity index (χ2v) is 14.6. The van der Waals surface area contributed by atoms with Crippen molar-refractivity contribution < 1.29 is 17.4 Å². The Hall–Kier alpha value is -1.73. The van der Waals surface area contributed by atoms with Crippen LogP contribution in [0, 0.1) is 0 Å². The van der Waals surface area contributed by atoms with Crippen LogP contribution >= 0.6 is 0 Å². The maximum Gasteiger partial charge on any atom is 0.290 e. The molecule has 0 aliphatic rings. The van der Waals surface area contributed by atoms with Crippen LogP contribution in [0.1, 0.15) is 53.9 Å². The van der Waals surface area contributed by atoms with Gasteiger partial charge in [-0.25, -0.2) is 0 Å². The molecule has 0 amide bonds. The predicted octanol–water partition coefficient (Wildman–Crippen LogP) is 4.92. The lowest BCUT2D eigenvalue weighted by atomic mass is 10.2. The smallest absolute Gasteiger partial charge is 0.290 e. The number of hydrogen-bond acceptors (Lipinski definition) is 3. The van der Waals surface area contributed by atoms with E-state index in [-0.39, 0.29) is 9.94 Å². The molecule has 6 heteroatoms. The van der Waals surface area contributed by atoms with Gasteiger partial charge in [-0.2, -0.15) is 8.42 Å². The first kappa shape index (κ1) is 24.5. The van der Waals surface area contributed by atoms with Crippen molar-refractivity contribution >= 4 is 28.8 Å². The third-order valence-electron chi connectivity index (χ3n) is 5.40. The molecule has 2 rings (SSSR count). The molecule has 0 saturated heterocycles. The molecule has 0 unspecified atom stereocenters. The summed E-state index contributed by atoms with van der Waals surface area (Å²) in [6, 6.07) is 20.9. The number of allylic oxidation sites excluding steroid dienone is 2. The Labute approximate surface area is 182 Å². The minimum Gasteiger partial charge on any atom is -0.407 e. The molecule has 164 valence electrons. The van der Waals surface area contributed by atoms with Gasteiger partial charge in [-0.15, -0.1) is 0 Å². The van der Waals surface area contributed by atoms with Gasteiger partial charge in [0.1, 0.15) is 0 Å². The Balaban J connectivity index is 2.27. The first-order valence-corrected chi connectivity index (χ1v) is 13.7. The third-order valence-corrected chi connectivity index (χ3v) is 11.7. The van der Waals surface area contributed by atoms with Crippen molar-refractivity contribution in [3.63, 3.8) is 0 Å². The van der Waals surface area contributed by atoms with E-state index in [4.69, 9.17) is 4.43 Å². The van der Waals surface area contributed by atoms with Crippen LogP contribution in [0.4, 0.5) is 0 Å². The van der Waals surface area contributed by atoms with Gasteiger partial charge in [-0.3, -0.25) is 4.55 Å². The lowest BCUT2D eigenvalue weighted by Crippen LogP contribution is -2.66. The molecule has 0 aliphatic carbocycles. The van der Waals surface area contributed by atoms with Gasteiger partial charge in [-0.05, 0) is 48.5 Å². The van der Waals surface area contributed by atoms with E-state index >= 15 is 0 Å². The fourth-order valence-corrected chi connectivity index (χ4v) is 9.54. The Kier molecular flexibility index (Phi) is 8.22. The lowest BCUT2D eigenvalue weighted by molar-refractivity contribution is 0.288. The second kappa shape index (κ2) is 10.0. The van der Waals surface area contributed by atoms with Crippen LogP contribution in [-0.2, 0) is 14.5 Å². The average molecular weight is 447 g/mol. The van der Waals surface area contributed by atoms with E-state index in [0.717, 1.165) is 6.42 Å². The van der Waals surface area contributed by atoms with Gasteiger partial charge < -0.3 is 4.43 Å². The summed E-state index contributed by atoms with van der Waals surface area (Å²) < 4.78 is 39.4. The van der Waals surface area contributed by atoms with Gasteiger partial charge >= 0.3 is 0 Å². The van der Waals surface area contributed by atoms with Gasteiger partial charge in [0.15, 0.2) is 0 Å². The zero-order chi connectivity index (χ0) is 22.4. The van der Waals surface area contributed by atoms with Crippen molar-refractivity contribution in [1.82, 2.24) is 0 Å². The lowest BCUT2D eigenvalue weighted by Gasteiger charge is -2.43. The first-order valence-electron chi connectivity index (χ1n) is 10.4. The standard InChI is InChI=1S/C24H34O4SSi/c1-20(2)23(29(25,26)27)18-12-13-19-28-30(24(3,4)5,21-14-8-6-9-15-21)22-16-10-7-11-17-22/h6-11,14-17H,12-13,18-19H2,1-5H3,(H,25,26,27). The fraction of sp³-hybridized carbons (Fsp3) is 0.417. The van der Waals surface area contributed by atoms with Crippen LogP contribution in [0.5, 0.6) is 0 Å². The van der Waals surface area contributed by atoms with E-state index in [1.54, 1.807) is 13.8 Å². The summed E-state index contributed by atoms with van der Waals surface area (Å²) in [5, 5.41) is 2.37. The van der Waals surface area contributed by atoms with E-state index < -0.39 is 18.4 Å². The molecular formula is C24H34O4SSi. The van der Waals surface area contributed by atoms with E-state index in [1.165, 1.54) is 10.4 Å². The highest BCUT2D eigenvalue weighted by Gasteiger charge is 2.49. The fourth-order valence-electron chi connectivity index (χ4n) is 4.01. The summed E-state index contributed by atoms with van der Waals surface area (Å²) >= 11 is 0. The third kappa shape index (κ3) is 5.69. The molecule has 4 nitrogen and oxygen atoms in total. The monoisotopic (exact) mass is 446 g/mol. The number of benzene rings is 2. The maximum atomic E-state index is 11.6. The largest absolute Gasteiger partial charge is 0.407 e. The van der Waals surface area contributed by atoms with E-state index in [1.807, 2.05) is 12.1 Å². The van der Waals surface area contributed by atoms with Crippen molar-refractivity contribution in [3.05, 3.63) is 71.1 Å². The normalized spacial score (nSPS) is 12.6. The average Bonchev–Trinajstić information content (AvgIpc) is 2.66. The van der Waals surface area contributed by atoms with Crippen LogP contribution in [0.2, 0.25) is 5.04 Å². The predicted molar refractivity (Wildman–Crippen MR) is 127 cm³/mol. The van der Waals surface area contributed by atoms with Crippen molar-refractivity contribution in [2.75, 3.05) is 6.61 Å². The van der Waals surface area contributed by atoms with Crippen LogP contribution in [0.15, 0.2) is 71.1 Å².